The molecule has 0 radical (unpaired) electrons. The first kappa shape index (κ1) is 8.85. The van der Waals surface area contributed by atoms with Crippen LogP contribution in [0.25, 0.3) is 5.70 Å². The topological polar surface area (TPSA) is 27.6 Å². The molecule has 2 aliphatic rings. The lowest BCUT2D eigenvalue weighted by Gasteiger charge is -2.11. The van der Waals surface area contributed by atoms with Crippen LogP contribution in [-0.4, -0.2) is 15.6 Å². The largest absolute Gasteiger partial charge is 0.353 e. The first-order chi connectivity index (χ1) is 7.33. The Hall–Kier alpha value is -1.42. The summed E-state index contributed by atoms with van der Waals surface area (Å²) in [5, 5.41) is 10.9. The maximum atomic E-state index is 4.40. The van der Waals surface area contributed by atoms with E-state index in [2.05, 4.69) is 28.8 Å². The molecule has 15 heavy (non-hydrogen) atoms. The van der Waals surface area contributed by atoms with E-state index in [0.29, 0.717) is 0 Å². The van der Waals surface area contributed by atoms with E-state index >= 15 is 0 Å². The highest BCUT2D eigenvalue weighted by Crippen LogP contribution is 2.32. The molecule has 1 atom stereocenters. The summed E-state index contributed by atoms with van der Waals surface area (Å²) in [5.41, 5.74) is 2.60. The summed E-state index contributed by atoms with van der Waals surface area (Å²) >= 11 is 1.75. The minimum Gasteiger partial charge on any atom is -0.353 e. The number of hydrogen-bond donors (Lipinski definition) is 1. The van der Waals surface area contributed by atoms with E-state index in [-0.39, 0.29) is 5.50 Å². The zero-order chi connectivity index (χ0) is 10.3. The van der Waals surface area contributed by atoms with Gasteiger partial charge in [0, 0.05) is 0 Å². The zero-order valence-corrected chi connectivity index (χ0v) is 9.16. The number of benzene rings is 1. The summed E-state index contributed by atoms with van der Waals surface area (Å²) in [6.07, 6.45) is 2.06. The summed E-state index contributed by atoms with van der Waals surface area (Å²) in [7, 11) is 0. The molecule has 76 valence electrons. The first-order valence-electron chi connectivity index (χ1n) is 4.87. The molecule has 0 unspecified atom stereocenters. The van der Waals surface area contributed by atoms with Gasteiger partial charge in [-0.2, -0.15) is 5.10 Å². The third-order valence-corrected chi connectivity index (χ3v) is 3.38. The second-order valence-corrected chi connectivity index (χ2v) is 4.80. The van der Waals surface area contributed by atoms with E-state index in [1.165, 1.54) is 5.56 Å². The van der Waals surface area contributed by atoms with Gasteiger partial charge in [0.1, 0.15) is 0 Å². The minimum absolute atomic E-state index is 0.250. The van der Waals surface area contributed by atoms with Crippen LogP contribution in [0.3, 0.4) is 0 Å². The number of nitrogens with one attached hydrogen (secondary N) is 1. The molecule has 4 heteroatoms. The van der Waals surface area contributed by atoms with Crippen molar-refractivity contribution >= 4 is 22.5 Å². The van der Waals surface area contributed by atoms with Crippen LogP contribution in [0.2, 0.25) is 0 Å². The Kier molecular flexibility index (Phi) is 1.95. The molecule has 1 aromatic carbocycles. The standard InChI is InChI=1S/C11H11N3S/c1-8-13-14-7-10(12-11(14)15-8)9-5-3-2-4-6-9/h2-7,11-12H,1H3/t11-/m1/s1. The normalized spacial score (nSPS) is 23.3. The number of hydrazone groups is 1. The van der Waals surface area contributed by atoms with Crippen molar-refractivity contribution in [3.63, 3.8) is 0 Å². The van der Waals surface area contributed by atoms with Crippen molar-refractivity contribution in [1.82, 2.24) is 10.3 Å². The van der Waals surface area contributed by atoms with Gasteiger partial charge >= 0.3 is 0 Å². The zero-order valence-electron chi connectivity index (χ0n) is 8.34. The highest BCUT2D eigenvalue weighted by Gasteiger charge is 2.30. The van der Waals surface area contributed by atoms with E-state index in [4.69, 9.17) is 0 Å². The molecule has 3 rings (SSSR count). The second kappa shape index (κ2) is 3.31. The predicted molar refractivity (Wildman–Crippen MR) is 63.9 cm³/mol. The molecule has 1 N–H and O–H groups in total. The monoisotopic (exact) mass is 217 g/mol. The third kappa shape index (κ3) is 1.51. The number of nitrogens with zero attached hydrogens (tertiary/aromatic N) is 2. The maximum Gasteiger partial charge on any atom is 0.174 e. The summed E-state index contributed by atoms with van der Waals surface area (Å²) < 4.78 is 0. The fraction of sp³-hybridized carbons (Fsp3) is 0.182. The van der Waals surface area contributed by atoms with Crippen molar-refractivity contribution in [2.45, 2.75) is 12.4 Å². The van der Waals surface area contributed by atoms with Crippen LogP contribution in [-0.2, 0) is 0 Å². The maximum absolute atomic E-state index is 4.40. The Bertz CT molecular complexity index is 438. The van der Waals surface area contributed by atoms with Crippen molar-refractivity contribution in [2.24, 2.45) is 5.10 Å². The summed E-state index contributed by atoms with van der Waals surface area (Å²) in [6.45, 7) is 2.03. The van der Waals surface area contributed by atoms with Crippen molar-refractivity contribution in [3.8, 4) is 0 Å². The third-order valence-electron chi connectivity index (χ3n) is 2.40. The van der Waals surface area contributed by atoms with Crippen molar-refractivity contribution in [2.75, 3.05) is 0 Å². The second-order valence-electron chi connectivity index (χ2n) is 3.52. The van der Waals surface area contributed by atoms with Gasteiger partial charge in [-0.3, -0.25) is 0 Å². The average molecular weight is 217 g/mol. The van der Waals surface area contributed by atoms with Crippen LogP contribution in [0, 0.1) is 0 Å². The smallest absolute Gasteiger partial charge is 0.174 e. The molecule has 0 saturated heterocycles. The van der Waals surface area contributed by atoms with Gasteiger partial charge in [0.2, 0.25) is 0 Å². The van der Waals surface area contributed by atoms with E-state index in [9.17, 15) is 0 Å². The van der Waals surface area contributed by atoms with Gasteiger partial charge in [-0.05, 0) is 12.5 Å². The molecule has 0 aliphatic carbocycles. The molecule has 0 aromatic heterocycles. The van der Waals surface area contributed by atoms with Crippen molar-refractivity contribution in [3.05, 3.63) is 42.1 Å². The minimum atomic E-state index is 0.250. The van der Waals surface area contributed by atoms with Crippen LogP contribution in [0.15, 0.2) is 41.6 Å². The Labute approximate surface area is 92.9 Å². The molecule has 0 saturated carbocycles. The van der Waals surface area contributed by atoms with Gasteiger partial charge in [-0.1, -0.05) is 42.1 Å². The molecule has 0 amide bonds. The molecule has 2 heterocycles. The van der Waals surface area contributed by atoms with E-state index in [1.807, 2.05) is 30.1 Å². The van der Waals surface area contributed by atoms with Crippen LogP contribution in [0.5, 0.6) is 0 Å². The molecular formula is C11H11N3S. The molecule has 0 spiro atoms. The number of hydrogen-bond acceptors (Lipinski definition) is 4. The molecule has 0 fully saturated rings. The van der Waals surface area contributed by atoms with Gasteiger partial charge in [-0.25, -0.2) is 5.01 Å². The van der Waals surface area contributed by atoms with E-state index < -0.39 is 0 Å². The van der Waals surface area contributed by atoms with Crippen LogP contribution < -0.4 is 5.32 Å². The summed E-state index contributed by atoms with van der Waals surface area (Å²) in [6, 6.07) is 10.3. The van der Waals surface area contributed by atoms with E-state index in [1.54, 1.807) is 11.8 Å². The Balaban J connectivity index is 1.90. The number of rotatable bonds is 1. The lowest BCUT2D eigenvalue weighted by molar-refractivity contribution is 0.394. The fourth-order valence-electron chi connectivity index (χ4n) is 1.72. The summed E-state index contributed by atoms with van der Waals surface area (Å²) in [5.74, 6) is 0. The first-order valence-corrected chi connectivity index (χ1v) is 5.75. The van der Waals surface area contributed by atoms with Gasteiger partial charge in [0.25, 0.3) is 0 Å². The van der Waals surface area contributed by atoms with Gasteiger partial charge in [-0.15, -0.1) is 0 Å². The number of fused-ring (bicyclic) bond motifs is 1. The van der Waals surface area contributed by atoms with Gasteiger partial charge < -0.3 is 5.32 Å². The predicted octanol–water partition coefficient (Wildman–Crippen LogP) is 2.25. The SMILES string of the molecule is CC1=NN2C=C(c3ccccc3)N[C@H]2S1. The van der Waals surface area contributed by atoms with Crippen molar-refractivity contribution < 1.29 is 0 Å². The lowest BCUT2D eigenvalue weighted by Crippen LogP contribution is -2.25. The van der Waals surface area contributed by atoms with E-state index in [0.717, 1.165) is 10.7 Å². The Morgan fingerprint density at radius 2 is 2.13 bits per heavy atom. The molecular weight excluding hydrogens is 206 g/mol. The van der Waals surface area contributed by atoms with Gasteiger partial charge in [0.05, 0.1) is 16.9 Å². The fourth-order valence-corrected chi connectivity index (χ4v) is 2.59. The lowest BCUT2D eigenvalue weighted by atomic mass is 10.2. The van der Waals surface area contributed by atoms with Crippen molar-refractivity contribution in [1.29, 1.82) is 0 Å². The Morgan fingerprint density at radius 3 is 2.87 bits per heavy atom. The highest BCUT2D eigenvalue weighted by molar-refractivity contribution is 8.14. The molecule has 1 aromatic rings. The number of thioether (sulfide) groups is 1. The molecule has 0 bridgehead atoms. The summed E-state index contributed by atoms with van der Waals surface area (Å²) in [4.78, 5) is 0. The quantitative estimate of drug-likeness (QED) is 0.782. The van der Waals surface area contributed by atoms with Crippen LogP contribution in [0.4, 0.5) is 0 Å². The van der Waals surface area contributed by atoms with Crippen LogP contribution >= 0.6 is 11.8 Å². The van der Waals surface area contributed by atoms with Crippen LogP contribution in [0.1, 0.15) is 12.5 Å². The highest BCUT2D eigenvalue weighted by atomic mass is 32.2. The average Bonchev–Trinajstić information content (AvgIpc) is 2.76. The molecule has 2 aliphatic heterocycles. The Morgan fingerprint density at radius 1 is 1.33 bits per heavy atom. The van der Waals surface area contributed by atoms with Gasteiger partial charge in [0.15, 0.2) is 5.50 Å². The molecule has 3 nitrogen and oxygen atoms in total.